The molecule has 0 fully saturated rings. The Morgan fingerprint density at radius 1 is 1.11 bits per heavy atom. The third kappa shape index (κ3) is 2.26. The molecule has 2 aromatic rings. The molecule has 2 nitrogen and oxygen atoms in total. The number of hydrogen-bond acceptors (Lipinski definition) is 2. The largest absolute Gasteiger partial charge is 0.319 e. The predicted octanol–water partition coefficient (Wildman–Crippen LogP) is 3.22. The number of halogens is 4. The lowest BCUT2D eigenvalue weighted by atomic mass is 10.1. The lowest BCUT2D eigenvalue weighted by Gasteiger charge is -2.09. The van der Waals surface area contributed by atoms with E-state index in [4.69, 9.17) is 12.2 Å². The quantitative estimate of drug-likeness (QED) is 0.475. The highest BCUT2D eigenvalue weighted by Gasteiger charge is 2.19. The molecule has 0 aliphatic carbocycles. The Morgan fingerprint density at radius 3 is 2.28 bits per heavy atom. The van der Waals surface area contributed by atoms with Crippen molar-refractivity contribution in [3.8, 4) is 0 Å². The van der Waals surface area contributed by atoms with Crippen molar-refractivity contribution >= 4 is 12.2 Å². The van der Waals surface area contributed by atoms with Crippen LogP contribution in [0.15, 0.2) is 24.5 Å². The molecule has 0 unspecified atom stereocenters. The average Bonchev–Trinajstić information content (AvgIpc) is 2.34. The van der Waals surface area contributed by atoms with Gasteiger partial charge in [-0.3, -0.25) is 0 Å². The van der Waals surface area contributed by atoms with E-state index in [0.717, 1.165) is 0 Å². The molecule has 0 N–H and O–H groups in total. The van der Waals surface area contributed by atoms with Crippen molar-refractivity contribution in [1.82, 2.24) is 9.55 Å². The van der Waals surface area contributed by atoms with Crippen LogP contribution in [0.5, 0.6) is 0 Å². The van der Waals surface area contributed by atoms with Gasteiger partial charge in [-0.15, -0.1) is 0 Å². The molecule has 0 saturated heterocycles. The molecule has 0 saturated carbocycles. The van der Waals surface area contributed by atoms with Crippen LogP contribution in [0.4, 0.5) is 17.6 Å². The van der Waals surface area contributed by atoms with E-state index in [1.807, 2.05) is 0 Å². The van der Waals surface area contributed by atoms with Gasteiger partial charge in [0, 0.05) is 24.0 Å². The van der Waals surface area contributed by atoms with Crippen molar-refractivity contribution < 1.29 is 17.6 Å². The summed E-state index contributed by atoms with van der Waals surface area (Å²) in [5, 5.41) is 0. The van der Waals surface area contributed by atoms with Crippen LogP contribution >= 0.6 is 12.2 Å². The second kappa shape index (κ2) is 4.85. The summed E-state index contributed by atoms with van der Waals surface area (Å²) in [4.78, 5) is 3.72. The molecular formula is C11H6F4N2S. The van der Waals surface area contributed by atoms with Crippen LogP contribution in [0.1, 0.15) is 5.56 Å². The summed E-state index contributed by atoms with van der Waals surface area (Å²) in [7, 11) is 0. The smallest absolute Gasteiger partial charge is 0.199 e. The first-order chi connectivity index (χ1) is 8.50. The standard InChI is InChI=1S/C11H6F4N2S/c12-7-4-8(13)10(15)6(9(7)14)5-17-3-1-2-16-11(17)18/h1-4H,5H2. The van der Waals surface area contributed by atoms with E-state index in [0.29, 0.717) is 0 Å². The lowest BCUT2D eigenvalue weighted by Crippen LogP contribution is -2.09. The molecule has 0 amide bonds. The molecule has 1 heterocycles. The Balaban J connectivity index is 2.53. The molecule has 0 atom stereocenters. The lowest BCUT2D eigenvalue weighted by molar-refractivity contribution is 0.434. The zero-order valence-electron chi connectivity index (χ0n) is 8.83. The molecule has 0 aliphatic rings. The number of benzene rings is 1. The average molecular weight is 274 g/mol. The molecule has 7 heteroatoms. The van der Waals surface area contributed by atoms with Gasteiger partial charge in [0.05, 0.1) is 6.54 Å². The first-order valence-corrected chi connectivity index (χ1v) is 5.25. The van der Waals surface area contributed by atoms with Crippen LogP contribution in [0, 0.1) is 28.0 Å². The molecule has 0 radical (unpaired) electrons. The summed E-state index contributed by atoms with van der Waals surface area (Å²) in [5.74, 6) is -5.75. The highest BCUT2D eigenvalue weighted by atomic mass is 32.1. The Kier molecular flexibility index (Phi) is 3.42. The SMILES string of the molecule is Fc1cc(F)c(F)c(Cn2cccnc2=S)c1F. The second-order valence-electron chi connectivity index (χ2n) is 3.48. The predicted molar refractivity (Wildman–Crippen MR) is 58.4 cm³/mol. The van der Waals surface area contributed by atoms with Gasteiger partial charge in [0.2, 0.25) is 0 Å². The van der Waals surface area contributed by atoms with E-state index in [1.165, 1.54) is 23.0 Å². The molecule has 18 heavy (non-hydrogen) atoms. The Morgan fingerprint density at radius 2 is 1.72 bits per heavy atom. The molecule has 0 bridgehead atoms. The van der Waals surface area contributed by atoms with Gasteiger partial charge in [0.25, 0.3) is 0 Å². The highest BCUT2D eigenvalue weighted by Crippen LogP contribution is 2.20. The van der Waals surface area contributed by atoms with Crippen molar-refractivity contribution in [3.05, 3.63) is 58.1 Å². The summed E-state index contributed by atoms with van der Waals surface area (Å²) in [5.41, 5.74) is -0.725. The highest BCUT2D eigenvalue weighted by molar-refractivity contribution is 7.71. The monoisotopic (exact) mass is 274 g/mol. The minimum atomic E-state index is -1.45. The minimum absolute atomic E-state index is 0.0565. The first-order valence-electron chi connectivity index (χ1n) is 4.84. The molecule has 0 aliphatic heterocycles. The van der Waals surface area contributed by atoms with Crippen LogP contribution in [0.3, 0.4) is 0 Å². The van der Waals surface area contributed by atoms with Crippen molar-refractivity contribution in [3.63, 3.8) is 0 Å². The van der Waals surface area contributed by atoms with Crippen LogP contribution in [0.2, 0.25) is 0 Å². The number of aromatic nitrogens is 2. The Hall–Kier alpha value is -1.76. The van der Waals surface area contributed by atoms with Gasteiger partial charge >= 0.3 is 0 Å². The Bertz CT molecular complexity index is 628. The topological polar surface area (TPSA) is 17.8 Å². The summed E-state index contributed by atoms with van der Waals surface area (Å²) in [6, 6.07) is 1.65. The van der Waals surface area contributed by atoms with E-state index in [9.17, 15) is 17.6 Å². The van der Waals surface area contributed by atoms with E-state index in [2.05, 4.69) is 4.98 Å². The van der Waals surface area contributed by atoms with Gasteiger partial charge in [-0.1, -0.05) is 0 Å². The number of nitrogens with zero attached hydrogens (tertiary/aromatic N) is 2. The number of hydrogen-bond donors (Lipinski definition) is 0. The van der Waals surface area contributed by atoms with Crippen LogP contribution < -0.4 is 0 Å². The van der Waals surface area contributed by atoms with Crippen LogP contribution in [-0.4, -0.2) is 9.55 Å². The van der Waals surface area contributed by atoms with E-state index in [1.54, 1.807) is 0 Å². The van der Waals surface area contributed by atoms with Crippen molar-refractivity contribution in [2.45, 2.75) is 6.54 Å². The first kappa shape index (κ1) is 12.7. The van der Waals surface area contributed by atoms with Gasteiger partial charge in [0.15, 0.2) is 28.0 Å². The summed E-state index contributed by atoms with van der Waals surface area (Å²) >= 11 is 4.82. The van der Waals surface area contributed by atoms with Gasteiger partial charge in [-0.05, 0) is 18.3 Å². The molecule has 1 aromatic heterocycles. The van der Waals surface area contributed by atoms with Gasteiger partial charge < -0.3 is 4.57 Å². The fourth-order valence-corrected chi connectivity index (χ4v) is 1.63. The van der Waals surface area contributed by atoms with E-state index in [-0.39, 0.29) is 10.8 Å². The van der Waals surface area contributed by atoms with Gasteiger partial charge in [-0.25, -0.2) is 22.5 Å². The van der Waals surface area contributed by atoms with Gasteiger partial charge in [0.1, 0.15) is 0 Å². The fraction of sp³-hybridized carbons (Fsp3) is 0.0909. The fourth-order valence-electron chi connectivity index (χ4n) is 1.44. The maximum absolute atomic E-state index is 13.4. The van der Waals surface area contributed by atoms with E-state index < -0.39 is 35.4 Å². The molecule has 94 valence electrons. The van der Waals surface area contributed by atoms with E-state index >= 15 is 0 Å². The van der Waals surface area contributed by atoms with Crippen LogP contribution in [0.25, 0.3) is 0 Å². The van der Waals surface area contributed by atoms with Crippen molar-refractivity contribution in [2.75, 3.05) is 0 Å². The normalized spacial score (nSPS) is 10.7. The second-order valence-corrected chi connectivity index (χ2v) is 3.84. The third-order valence-corrected chi connectivity index (χ3v) is 2.65. The minimum Gasteiger partial charge on any atom is -0.319 e. The van der Waals surface area contributed by atoms with Gasteiger partial charge in [-0.2, -0.15) is 0 Å². The zero-order chi connectivity index (χ0) is 13.3. The molecular weight excluding hydrogens is 268 g/mol. The maximum atomic E-state index is 13.4. The third-order valence-electron chi connectivity index (χ3n) is 2.31. The summed E-state index contributed by atoms with van der Waals surface area (Å²) in [6.45, 7) is -0.432. The Labute approximate surface area is 105 Å². The molecule has 1 aromatic carbocycles. The number of rotatable bonds is 2. The summed E-state index contributed by atoms with van der Waals surface area (Å²) < 4.78 is 54.1. The molecule has 2 rings (SSSR count). The maximum Gasteiger partial charge on any atom is 0.199 e. The zero-order valence-corrected chi connectivity index (χ0v) is 9.65. The molecule has 0 spiro atoms. The van der Waals surface area contributed by atoms with Crippen molar-refractivity contribution in [1.29, 1.82) is 0 Å². The summed E-state index contributed by atoms with van der Waals surface area (Å²) in [6.07, 6.45) is 2.81. The van der Waals surface area contributed by atoms with Crippen molar-refractivity contribution in [2.24, 2.45) is 0 Å². The van der Waals surface area contributed by atoms with Crippen LogP contribution in [-0.2, 0) is 6.54 Å².